The van der Waals surface area contributed by atoms with E-state index in [4.69, 9.17) is 0 Å². The summed E-state index contributed by atoms with van der Waals surface area (Å²) in [7, 11) is 1.92. The maximum Gasteiger partial charge on any atom is 0.151 e. The zero-order valence-corrected chi connectivity index (χ0v) is 11.2. The van der Waals surface area contributed by atoms with Crippen LogP contribution in [-0.4, -0.2) is 51.4 Å². The fourth-order valence-corrected chi connectivity index (χ4v) is 3.35. The van der Waals surface area contributed by atoms with E-state index in [1.54, 1.807) is 11.0 Å². The van der Waals surface area contributed by atoms with E-state index >= 15 is 0 Å². The maximum atomic E-state index is 4.31. The molecule has 2 unspecified atom stereocenters. The van der Waals surface area contributed by atoms with Crippen LogP contribution in [0.2, 0.25) is 0 Å². The summed E-state index contributed by atoms with van der Waals surface area (Å²) in [5.41, 5.74) is 0. The van der Waals surface area contributed by atoms with Crippen LogP contribution in [0.3, 0.4) is 0 Å². The van der Waals surface area contributed by atoms with Gasteiger partial charge in [-0.2, -0.15) is 5.10 Å². The van der Waals surface area contributed by atoms with Gasteiger partial charge in [0.15, 0.2) is 5.82 Å². The normalized spacial score (nSPS) is 28.5. The first-order chi connectivity index (χ1) is 8.83. The second-order valence-electron chi connectivity index (χ2n) is 5.53. The second-order valence-corrected chi connectivity index (χ2v) is 5.53. The molecule has 0 spiro atoms. The highest BCUT2D eigenvalue weighted by atomic mass is 15.3. The lowest BCUT2D eigenvalue weighted by atomic mass is 9.99. The number of hydrogen-bond acceptors (Lipinski definition) is 4. The maximum absolute atomic E-state index is 4.31. The molecule has 100 valence electrons. The van der Waals surface area contributed by atoms with Crippen LogP contribution in [0.25, 0.3) is 0 Å². The lowest BCUT2D eigenvalue weighted by Crippen LogP contribution is -2.45. The van der Waals surface area contributed by atoms with E-state index in [0.29, 0.717) is 6.04 Å². The van der Waals surface area contributed by atoms with Crippen molar-refractivity contribution in [2.75, 3.05) is 19.6 Å². The van der Waals surface area contributed by atoms with Crippen LogP contribution in [0.15, 0.2) is 6.33 Å². The monoisotopic (exact) mass is 249 g/mol. The van der Waals surface area contributed by atoms with Crippen molar-refractivity contribution in [2.24, 2.45) is 7.05 Å². The number of piperidine rings is 1. The number of fused-ring (bicyclic) bond motifs is 1. The Kier molecular flexibility index (Phi) is 3.61. The number of aromatic nitrogens is 3. The third-order valence-electron chi connectivity index (χ3n) is 4.26. The van der Waals surface area contributed by atoms with Gasteiger partial charge in [-0.05, 0) is 25.8 Å². The van der Waals surface area contributed by atoms with Gasteiger partial charge in [0.2, 0.25) is 0 Å². The lowest BCUT2D eigenvalue weighted by Gasteiger charge is -2.32. The highest BCUT2D eigenvalue weighted by Gasteiger charge is 2.34. The fourth-order valence-electron chi connectivity index (χ4n) is 3.35. The van der Waals surface area contributed by atoms with E-state index in [0.717, 1.165) is 24.8 Å². The van der Waals surface area contributed by atoms with Gasteiger partial charge < -0.3 is 5.32 Å². The minimum absolute atomic E-state index is 0.689. The summed E-state index contributed by atoms with van der Waals surface area (Å²) < 4.78 is 1.77. The Bertz CT molecular complexity index is 388. The molecular weight excluding hydrogens is 226 g/mol. The van der Waals surface area contributed by atoms with Crippen molar-refractivity contribution in [1.29, 1.82) is 0 Å². The first-order valence-electron chi connectivity index (χ1n) is 7.15. The standard InChI is InChI=1S/C13H23N5/c1-17-10-15-13(16-17)5-7-14-11-6-9-18-8-3-2-4-12(11)18/h10-12,14H,2-9H2,1H3. The van der Waals surface area contributed by atoms with E-state index in [1.165, 1.54) is 38.8 Å². The molecule has 2 aliphatic rings. The van der Waals surface area contributed by atoms with Gasteiger partial charge in [0.05, 0.1) is 0 Å². The third-order valence-corrected chi connectivity index (χ3v) is 4.26. The van der Waals surface area contributed by atoms with Crippen molar-refractivity contribution in [3.8, 4) is 0 Å². The van der Waals surface area contributed by atoms with Crippen molar-refractivity contribution in [3.05, 3.63) is 12.2 Å². The molecule has 2 saturated heterocycles. The Balaban J connectivity index is 1.46. The molecule has 1 aromatic rings. The fraction of sp³-hybridized carbons (Fsp3) is 0.846. The molecule has 5 heteroatoms. The SMILES string of the molecule is Cn1cnc(CCNC2CCN3CCCCC23)n1. The lowest BCUT2D eigenvalue weighted by molar-refractivity contribution is 0.181. The minimum atomic E-state index is 0.689. The molecule has 5 nitrogen and oxygen atoms in total. The Morgan fingerprint density at radius 1 is 1.33 bits per heavy atom. The number of nitrogens with one attached hydrogen (secondary N) is 1. The predicted molar refractivity (Wildman–Crippen MR) is 70.3 cm³/mol. The summed E-state index contributed by atoms with van der Waals surface area (Å²) in [5.74, 6) is 0.948. The Morgan fingerprint density at radius 3 is 3.11 bits per heavy atom. The molecule has 3 rings (SSSR count). The quantitative estimate of drug-likeness (QED) is 0.847. The van der Waals surface area contributed by atoms with E-state index in [-0.39, 0.29) is 0 Å². The molecule has 3 heterocycles. The van der Waals surface area contributed by atoms with Crippen molar-refractivity contribution >= 4 is 0 Å². The summed E-state index contributed by atoms with van der Waals surface area (Å²) in [4.78, 5) is 6.93. The second kappa shape index (κ2) is 5.36. The molecule has 0 saturated carbocycles. The smallest absolute Gasteiger partial charge is 0.151 e. The van der Waals surface area contributed by atoms with Crippen molar-refractivity contribution in [3.63, 3.8) is 0 Å². The molecule has 1 N–H and O–H groups in total. The molecule has 0 radical (unpaired) electrons. The van der Waals surface area contributed by atoms with Crippen LogP contribution >= 0.6 is 0 Å². The van der Waals surface area contributed by atoms with Gasteiger partial charge in [-0.15, -0.1) is 0 Å². The van der Waals surface area contributed by atoms with Crippen LogP contribution in [0.4, 0.5) is 0 Å². The minimum Gasteiger partial charge on any atom is -0.312 e. The van der Waals surface area contributed by atoms with E-state index < -0.39 is 0 Å². The molecule has 0 amide bonds. The molecule has 2 aliphatic heterocycles. The van der Waals surface area contributed by atoms with Gasteiger partial charge in [-0.25, -0.2) is 4.98 Å². The van der Waals surface area contributed by atoms with Crippen LogP contribution < -0.4 is 5.32 Å². The van der Waals surface area contributed by atoms with Gasteiger partial charge in [0.1, 0.15) is 6.33 Å². The molecule has 2 fully saturated rings. The highest BCUT2D eigenvalue weighted by molar-refractivity contribution is 4.94. The average Bonchev–Trinajstić information content (AvgIpc) is 2.97. The molecule has 2 atom stereocenters. The summed E-state index contributed by atoms with van der Waals surface area (Å²) in [6.45, 7) is 3.59. The Hall–Kier alpha value is -0.940. The molecule has 0 aromatic carbocycles. The van der Waals surface area contributed by atoms with E-state index in [2.05, 4.69) is 20.3 Å². The highest BCUT2D eigenvalue weighted by Crippen LogP contribution is 2.26. The molecule has 0 aliphatic carbocycles. The first-order valence-corrected chi connectivity index (χ1v) is 7.15. The van der Waals surface area contributed by atoms with Crippen molar-refractivity contribution < 1.29 is 0 Å². The van der Waals surface area contributed by atoms with Gasteiger partial charge >= 0.3 is 0 Å². The summed E-state index contributed by atoms with van der Waals surface area (Å²) in [6.07, 6.45) is 8.18. The largest absolute Gasteiger partial charge is 0.312 e. The summed E-state index contributed by atoms with van der Waals surface area (Å²) in [6, 6.07) is 1.48. The predicted octanol–water partition coefficient (Wildman–Crippen LogP) is 0.574. The Labute approximate surface area is 109 Å². The van der Waals surface area contributed by atoms with Crippen molar-refractivity contribution in [2.45, 2.75) is 44.2 Å². The molecule has 18 heavy (non-hydrogen) atoms. The average molecular weight is 249 g/mol. The summed E-state index contributed by atoms with van der Waals surface area (Å²) >= 11 is 0. The van der Waals surface area contributed by atoms with Crippen LogP contribution in [0, 0.1) is 0 Å². The van der Waals surface area contributed by atoms with E-state index in [9.17, 15) is 0 Å². The number of aryl methyl sites for hydroxylation is 1. The molecule has 0 bridgehead atoms. The zero-order valence-electron chi connectivity index (χ0n) is 11.2. The third kappa shape index (κ3) is 2.57. The number of nitrogens with zero attached hydrogens (tertiary/aromatic N) is 4. The van der Waals surface area contributed by atoms with Gasteiger partial charge in [0.25, 0.3) is 0 Å². The summed E-state index contributed by atoms with van der Waals surface area (Å²) in [5, 5.41) is 8.02. The van der Waals surface area contributed by atoms with Crippen LogP contribution in [-0.2, 0) is 13.5 Å². The van der Waals surface area contributed by atoms with Crippen LogP contribution in [0.5, 0.6) is 0 Å². The van der Waals surface area contributed by atoms with E-state index in [1.807, 2.05) is 7.05 Å². The zero-order chi connectivity index (χ0) is 12.4. The van der Waals surface area contributed by atoms with Gasteiger partial charge in [-0.3, -0.25) is 9.58 Å². The Morgan fingerprint density at radius 2 is 2.28 bits per heavy atom. The topological polar surface area (TPSA) is 46.0 Å². The van der Waals surface area contributed by atoms with Gasteiger partial charge in [-0.1, -0.05) is 6.42 Å². The van der Waals surface area contributed by atoms with Crippen LogP contribution in [0.1, 0.15) is 31.5 Å². The molecule has 1 aromatic heterocycles. The number of rotatable bonds is 4. The first kappa shape index (κ1) is 12.1. The number of hydrogen-bond donors (Lipinski definition) is 1. The van der Waals surface area contributed by atoms with Gasteiger partial charge in [0, 0.05) is 38.6 Å². The molecular formula is C13H23N5. The van der Waals surface area contributed by atoms with Crippen molar-refractivity contribution in [1.82, 2.24) is 25.0 Å².